The van der Waals surface area contributed by atoms with Gasteiger partial charge in [-0.25, -0.2) is 9.37 Å². The molecule has 1 aromatic carbocycles. The number of nitrogens with two attached hydrogens (primary N) is 1. The summed E-state index contributed by atoms with van der Waals surface area (Å²) in [6.07, 6.45) is 5.68. The van der Waals surface area contributed by atoms with E-state index < -0.39 is 20.7 Å². The quantitative estimate of drug-likeness (QED) is 0.323. The number of nitrogens with one attached hydrogen (secondary N) is 1. The molecule has 2 fully saturated rings. The Bertz CT molecular complexity index is 1430. The number of carbonyl (C=O) groups excluding carboxylic acids is 2. The van der Waals surface area contributed by atoms with Gasteiger partial charge in [-0.3, -0.25) is 13.9 Å². The highest BCUT2D eigenvalue weighted by molar-refractivity contribution is 6.59. The Kier molecular flexibility index (Phi) is 5.68. The molecule has 0 unspecified atom stereocenters. The minimum absolute atomic E-state index is 0.0196. The number of fused-ring (bicyclic) bond motifs is 1. The van der Waals surface area contributed by atoms with E-state index >= 15 is 0 Å². The molecule has 0 spiro atoms. The standard InChI is InChI=1S/C24H25FN7O2Si/c1-4-21(33)31-13-35(11-14(31)2)32-24(27-3)22(23(26)34)18(29-32)8-5-15-9-19-20(10-17(15)25)30(12-28-19)16-6-7-16/h4,9-10,12,14,16,27H,1,6-7,11,13H2,2-3H3,(H2,26,34)/t14-/m0/s1. The minimum atomic E-state index is -1.40. The lowest BCUT2D eigenvalue weighted by Crippen LogP contribution is -2.36. The summed E-state index contributed by atoms with van der Waals surface area (Å²) in [6, 6.07) is 4.21. The fourth-order valence-electron chi connectivity index (χ4n) is 4.55. The second-order valence-corrected chi connectivity index (χ2v) is 11.1. The number of rotatable bonds is 5. The Morgan fingerprint density at radius 1 is 1.34 bits per heavy atom. The van der Waals surface area contributed by atoms with Crippen LogP contribution in [0.1, 0.15) is 47.4 Å². The van der Waals surface area contributed by atoms with E-state index in [0.717, 1.165) is 24.4 Å². The lowest BCUT2D eigenvalue weighted by molar-refractivity contribution is -0.126. The summed E-state index contributed by atoms with van der Waals surface area (Å²) in [5.41, 5.74) is 7.58. The fourth-order valence-corrected chi connectivity index (χ4v) is 7.53. The predicted octanol–water partition coefficient (Wildman–Crippen LogP) is 2.04. The molecular formula is C24H25FN7O2Si. The van der Waals surface area contributed by atoms with Crippen LogP contribution < -0.4 is 11.1 Å². The molecule has 3 heterocycles. The molecule has 1 atom stereocenters. The van der Waals surface area contributed by atoms with Gasteiger partial charge in [0.2, 0.25) is 14.9 Å². The van der Waals surface area contributed by atoms with Crippen LogP contribution in [0.3, 0.4) is 0 Å². The summed E-state index contributed by atoms with van der Waals surface area (Å²) in [5, 5.41) is 7.62. The van der Waals surface area contributed by atoms with Gasteiger partial charge in [-0.15, -0.1) is 0 Å². The number of aromatic nitrogens is 4. The zero-order chi connectivity index (χ0) is 24.9. The molecule has 0 bridgehead atoms. The molecule has 5 rings (SSSR count). The van der Waals surface area contributed by atoms with Crippen molar-refractivity contribution in [2.45, 2.75) is 37.9 Å². The number of halogens is 1. The predicted molar refractivity (Wildman–Crippen MR) is 132 cm³/mol. The molecule has 1 aliphatic heterocycles. The summed E-state index contributed by atoms with van der Waals surface area (Å²) in [7, 11) is 0.278. The smallest absolute Gasteiger partial charge is 0.255 e. The first-order valence-electron chi connectivity index (χ1n) is 11.4. The second-order valence-electron chi connectivity index (χ2n) is 8.84. The lowest BCUT2D eigenvalue weighted by atomic mass is 10.1. The molecule has 3 aromatic rings. The number of anilines is 1. The van der Waals surface area contributed by atoms with E-state index in [4.69, 9.17) is 5.73 Å². The Labute approximate surface area is 203 Å². The van der Waals surface area contributed by atoms with E-state index in [1.54, 1.807) is 28.7 Å². The van der Waals surface area contributed by atoms with Gasteiger partial charge in [0, 0.05) is 31.4 Å². The number of benzene rings is 1. The first kappa shape index (κ1) is 22.9. The van der Waals surface area contributed by atoms with Crippen molar-refractivity contribution in [3.05, 3.63) is 53.8 Å². The van der Waals surface area contributed by atoms with Crippen molar-refractivity contribution in [2.24, 2.45) is 5.73 Å². The molecule has 3 N–H and O–H groups in total. The van der Waals surface area contributed by atoms with Crippen LogP contribution in [0.2, 0.25) is 6.04 Å². The largest absolute Gasteiger partial charge is 0.373 e. The zero-order valence-corrected chi connectivity index (χ0v) is 20.5. The van der Waals surface area contributed by atoms with Crippen LogP contribution in [-0.4, -0.2) is 63.9 Å². The highest BCUT2D eigenvalue weighted by Crippen LogP contribution is 2.37. The van der Waals surface area contributed by atoms with Gasteiger partial charge in [0.1, 0.15) is 22.9 Å². The first-order valence-corrected chi connectivity index (χ1v) is 13.2. The van der Waals surface area contributed by atoms with Crippen molar-refractivity contribution in [1.29, 1.82) is 0 Å². The van der Waals surface area contributed by atoms with E-state index in [2.05, 4.69) is 33.8 Å². The summed E-state index contributed by atoms with van der Waals surface area (Å²) in [5.74, 6) is 4.84. The van der Waals surface area contributed by atoms with E-state index in [1.165, 1.54) is 12.1 Å². The van der Waals surface area contributed by atoms with Crippen molar-refractivity contribution in [2.75, 3.05) is 18.5 Å². The normalized spacial score (nSPS) is 17.9. The maximum absolute atomic E-state index is 14.9. The van der Waals surface area contributed by atoms with Gasteiger partial charge in [0.15, 0.2) is 0 Å². The first-order chi connectivity index (χ1) is 16.8. The number of primary amides is 1. The van der Waals surface area contributed by atoms with E-state index in [1.807, 2.05) is 11.5 Å². The molecular weight excluding hydrogens is 465 g/mol. The number of nitrogens with zero attached hydrogens (tertiary/aromatic N) is 5. The molecule has 1 saturated carbocycles. The summed E-state index contributed by atoms with van der Waals surface area (Å²) in [4.78, 5) is 30.7. The third-order valence-electron chi connectivity index (χ3n) is 6.46. The summed E-state index contributed by atoms with van der Waals surface area (Å²) in [6.45, 7) is 5.55. The number of carbonyl (C=O) groups is 2. The number of hydrogen-bond acceptors (Lipinski definition) is 5. The van der Waals surface area contributed by atoms with Crippen LogP contribution >= 0.6 is 0 Å². The fraction of sp³-hybridized carbons (Fsp3) is 0.333. The number of amides is 2. The highest BCUT2D eigenvalue weighted by atomic mass is 28.3. The third kappa shape index (κ3) is 3.99. The average Bonchev–Trinajstić information content (AvgIpc) is 3.31. The molecule has 2 aliphatic rings. The minimum Gasteiger partial charge on any atom is -0.373 e. The van der Waals surface area contributed by atoms with Crippen LogP contribution in [0, 0.1) is 17.7 Å². The van der Waals surface area contributed by atoms with E-state index in [0.29, 0.717) is 23.5 Å². The van der Waals surface area contributed by atoms with Gasteiger partial charge in [-0.2, -0.15) is 5.10 Å². The summed E-state index contributed by atoms with van der Waals surface area (Å²) < 4.78 is 18.6. The maximum atomic E-state index is 14.9. The molecule has 179 valence electrons. The van der Waals surface area contributed by atoms with Crippen LogP contribution in [0.5, 0.6) is 0 Å². The van der Waals surface area contributed by atoms with Crippen LogP contribution in [0.15, 0.2) is 31.1 Å². The van der Waals surface area contributed by atoms with Crippen molar-refractivity contribution in [1.82, 2.24) is 23.9 Å². The second kappa shape index (κ2) is 8.70. The van der Waals surface area contributed by atoms with Crippen LogP contribution in [-0.2, 0) is 4.79 Å². The Hall–Kier alpha value is -3.91. The summed E-state index contributed by atoms with van der Waals surface area (Å²) >= 11 is 0. The van der Waals surface area contributed by atoms with Crippen molar-refractivity contribution < 1.29 is 14.0 Å². The van der Waals surface area contributed by atoms with Gasteiger partial charge < -0.3 is 20.5 Å². The monoisotopic (exact) mass is 490 g/mol. The number of imidazole rings is 1. The molecule has 1 radical (unpaired) electrons. The van der Waals surface area contributed by atoms with Crippen LogP contribution in [0.4, 0.5) is 10.2 Å². The van der Waals surface area contributed by atoms with Gasteiger partial charge in [-0.1, -0.05) is 12.5 Å². The number of hydrogen-bond donors (Lipinski definition) is 2. The molecule has 1 aliphatic carbocycles. The molecule has 9 nitrogen and oxygen atoms in total. The van der Waals surface area contributed by atoms with Gasteiger partial charge in [0.05, 0.1) is 22.9 Å². The molecule has 2 amide bonds. The van der Waals surface area contributed by atoms with E-state index in [-0.39, 0.29) is 28.8 Å². The maximum Gasteiger partial charge on any atom is 0.255 e. The highest BCUT2D eigenvalue weighted by Gasteiger charge is 2.37. The topological polar surface area (TPSA) is 111 Å². The Balaban J connectivity index is 1.52. The van der Waals surface area contributed by atoms with Crippen molar-refractivity contribution in [3.63, 3.8) is 0 Å². The molecule has 11 heteroatoms. The molecule has 1 saturated heterocycles. The average molecular weight is 491 g/mol. The SMILES string of the molecule is C=CC(=O)N1C[Si](n2nc(C#Cc3cc4ncn(C5CC5)c4cc3F)c(C(N)=O)c2NC)C[C@@H]1C. The van der Waals surface area contributed by atoms with Gasteiger partial charge >= 0.3 is 0 Å². The van der Waals surface area contributed by atoms with Crippen molar-refractivity contribution in [3.8, 4) is 11.8 Å². The van der Waals surface area contributed by atoms with Crippen molar-refractivity contribution >= 4 is 37.6 Å². The lowest BCUT2D eigenvalue weighted by Gasteiger charge is -2.19. The van der Waals surface area contributed by atoms with Gasteiger partial charge in [0.25, 0.3) is 5.91 Å². The van der Waals surface area contributed by atoms with E-state index in [9.17, 15) is 14.0 Å². The molecule has 2 aromatic heterocycles. The Morgan fingerprint density at radius 2 is 2.11 bits per heavy atom. The molecule has 35 heavy (non-hydrogen) atoms. The third-order valence-corrected chi connectivity index (χ3v) is 9.15. The van der Waals surface area contributed by atoms with Gasteiger partial charge in [-0.05, 0) is 43.9 Å². The Morgan fingerprint density at radius 3 is 2.77 bits per heavy atom. The van der Waals surface area contributed by atoms with Crippen LogP contribution in [0.25, 0.3) is 11.0 Å². The zero-order valence-electron chi connectivity index (χ0n) is 19.5.